The van der Waals surface area contributed by atoms with Crippen molar-refractivity contribution >= 4 is 72.4 Å². The number of nitrogens with zero attached hydrogens (tertiary/aromatic N) is 5. The quantitative estimate of drug-likeness (QED) is 0.120. The maximum absolute atomic E-state index is 10.4. The van der Waals surface area contributed by atoms with Gasteiger partial charge in [0.15, 0.2) is 13.9 Å². The Balaban J connectivity index is 1.41. The van der Waals surface area contributed by atoms with Crippen LogP contribution in [0.4, 0.5) is 0 Å². The van der Waals surface area contributed by atoms with Gasteiger partial charge in [-0.3, -0.25) is 9.13 Å². The summed E-state index contributed by atoms with van der Waals surface area (Å²) in [6.45, 7) is 0. The summed E-state index contributed by atoms with van der Waals surface area (Å²) in [6, 6.07) is 12.7. The molecule has 57 heavy (non-hydrogen) atoms. The van der Waals surface area contributed by atoms with Gasteiger partial charge in [-0.15, -0.1) is 0 Å². The molecule has 5 nitrogen and oxygen atoms in total. The van der Waals surface area contributed by atoms with Crippen molar-refractivity contribution in [1.82, 2.24) is 24.1 Å². The van der Waals surface area contributed by atoms with E-state index in [0.29, 0.717) is 15.6 Å². The van der Waals surface area contributed by atoms with Crippen molar-refractivity contribution in [3.63, 3.8) is 0 Å². The Labute approximate surface area is 358 Å². The van der Waals surface area contributed by atoms with Gasteiger partial charge in [0.25, 0.3) is 0 Å². The van der Waals surface area contributed by atoms with E-state index in [9.17, 15) is 11.0 Å². The number of hydrogen-bond acceptors (Lipinski definition) is 3. The highest BCUT2D eigenvalue weighted by atomic mass is 28.3. The summed E-state index contributed by atoms with van der Waals surface area (Å²) in [7, 11) is -3.98. The predicted octanol–water partition coefficient (Wildman–Crippen LogP) is 9.11. The molecule has 0 fully saturated rings. The van der Waals surface area contributed by atoms with Gasteiger partial charge in [0, 0.05) is 27.1 Å². The number of benzene rings is 8. The molecule has 11 aromatic rings. The van der Waals surface area contributed by atoms with E-state index < -0.39 is 174 Å². The number of fused-ring (bicyclic) bond motifs is 6. The van der Waals surface area contributed by atoms with E-state index >= 15 is 0 Å². The van der Waals surface area contributed by atoms with E-state index in [1.54, 1.807) is 54.6 Å². The number of para-hydroxylation sites is 4. The monoisotopic (exact) mass is 765 g/mol. The Morgan fingerprint density at radius 1 is 0.368 bits per heavy atom. The zero-order valence-electron chi connectivity index (χ0n) is 49.4. The third-order valence-electron chi connectivity index (χ3n) is 9.92. The first-order chi connectivity index (χ1) is 36.6. The molecule has 6 heteroatoms. The predicted molar refractivity (Wildman–Crippen MR) is 238 cm³/mol. The first kappa shape index (κ1) is 18.5. The molecular weight excluding hydrogens is 711 g/mol. The van der Waals surface area contributed by atoms with Gasteiger partial charge in [-0.2, -0.15) is 15.0 Å². The van der Waals surface area contributed by atoms with Crippen LogP contribution < -0.4 is 20.7 Å². The van der Waals surface area contributed by atoms with Crippen molar-refractivity contribution in [2.24, 2.45) is 0 Å². The van der Waals surface area contributed by atoms with Crippen molar-refractivity contribution in [3.8, 4) is 23.3 Å². The summed E-state index contributed by atoms with van der Waals surface area (Å²) in [4.78, 5) is 14.3. The van der Waals surface area contributed by atoms with Gasteiger partial charge in [0.05, 0.1) is 49.5 Å². The minimum Gasteiger partial charge on any atom is -0.278 e. The minimum atomic E-state index is -3.98. The maximum Gasteiger partial charge on any atom is 0.240 e. The van der Waals surface area contributed by atoms with Gasteiger partial charge in [0.1, 0.15) is 0 Å². The molecule has 0 unspecified atom stereocenters. The molecule has 0 saturated carbocycles. The number of hydrogen-bond donors (Lipinski definition) is 0. The van der Waals surface area contributed by atoms with E-state index in [0.717, 1.165) is 9.13 Å². The molecule has 0 atom stereocenters. The van der Waals surface area contributed by atoms with Crippen LogP contribution in [0.3, 0.4) is 0 Å². The van der Waals surface area contributed by atoms with Gasteiger partial charge in [-0.1, -0.05) is 188 Å². The molecule has 268 valence electrons. The van der Waals surface area contributed by atoms with E-state index in [2.05, 4.69) is 0 Å². The Kier molecular flexibility index (Phi) is 4.35. The lowest BCUT2D eigenvalue weighted by Gasteiger charge is -2.34. The summed E-state index contributed by atoms with van der Waals surface area (Å²) in [6.07, 6.45) is 0. The molecule has 3 aromatic heterocycles. The molecule has 0 aliphatic carbocycles. The summed E-state index contributed by atoms with van der Waals surface area (Å²) in [5.41, 5.74) is -2.42. The second-order valence-corrected chi connectivity index (χ2v) is 16.7. The molecule has 0 N–H and O–H groups in total. The standard InChI is InChI=1S/C51H35N5Si/c1-4-20-37(21-5-1)57(38-22-6-2-7-23-38,39-24-8-3-9-25-39)40-26-18-19-36(35-40)49-52-50(55-45-31-14-10-27-41(45)42-28-11-15-32-46(42)55)54-51(53-49)56-47-33-16-12-29-43(47)44-30-13-17-34-48(44)56/h1-35H/i10D,11D,12D,13D,14D,15D,16D,17D,18D,19D,26D,27D,28D,29D,30D,31D,32D,33D,34D,35D. The highest BCUT2D eigenvalue weighted by molar-refractivity contribution is 7.19. The highest BCUT2D eigenvalue weighted by Crippen LogP contribution is 2.34. The summed E-state index contributed by atoms with van der Waals surface area (Å²) < 4.78 is 185. The van der Waals surface area contributed by atoms with Crippen LogP contribution in [0.2, 0.25) is 0 Å². The molecule has 0 bridgehead atoms. The largest absolute Gasteiger partial charge is 0.278 e. The topological polar surface area (TPSA) is 48.5 Å². The lowest BCUT2D eigenvalue weighted by Crippen LogP contribution is -2.74. The zero-order chi connectivity index (χ0) is 55.2. The van der Waals surface area contributed by atoms with Crippen LogP contribution in [0, 0.1) is 0 Å². The highest BCUT2D eigenvalue weighted by Gasteiger charge is 2.41. The SMILES string of the molecule is [2H]c1c([2H])c(-c2nc(-n3c4c([2H])c([2H])c([2H])c([2H])c4c4c([2H])c([2H])c([2H])c([2H])c43)nc(-n3c4c([2H])c([2H])c([2H])c([2H])c4c4c([2H])c([2H])c([2H])c([2H])c43)n2)c([2H])c([Si](c2ccccc2)(c2ccccc2)c2ccccc2)c1[2H]. The fraction of sp³-hybridized carbons (Fsp3) is 0. The minimum absolute atomic E-state index is 0.000742. The summed E-state index contributed by atoms with van der Waals surface area (Å²) >= 11 is 0. The fourth-order valence-electron chi connectivity index (χ4n) is 7.55. The molecule has 3 heterocycles. The third kappa shape index (κ3) is 5.19. The van der Waals surface area contributed by atoms with Crippen molar-refractivity contribution in [2.45, 2.75) is 0 Å². The van der Waals surface area contributed by atoms with Gasteiger partial charge >= 0.3 is 0 Å². The molecule has 8 aromatic carbocycles. The lowest BCUT2D eigenvalue weighted by molar-refractivity contribution is 0.893. The summed E-state index contributed by atoms with van der Waals surface area (Å²) in [5.74, 6) is -2.12. The Hall–Kier alpha value is -7.41. The van der Waals surface area contributed by atoms with Crippen LogP contribution in [-0.2, 0) is 0 Å². The smallest absolute Gasteiger partial charge is 0.240 e. The van der Waals surface area contributed by atoms with Crippen molar-refractivity contribution < 1.29 is 27.4 Å². The van der Waals surface area contributed by atoms with Gasteiger partial charge < -0.3 is 0 Å². The molecule has 0 aliphatic heterocycles. The lowest BCUT2D eigenvalue weighted by atomic mass is 10.2. The van der Waals surface area contributed by atoms with E-state index in [1.807, 2.05) is 36.4 Å². The van der Waals surface area contributed by atoms with E-state index in [4.69, 9.17) is 31.4 Å². The second-order valence-electron chi connectivity index (χ2n) is 12.9. The fourth-order valence-corrected chi connectivity index (χ4v) is 12.1. The molecule has 11 rings (SSSR count). The first-order valence-electron chi connectivity index (χ1n) is 27.7. The van der Waals surface area contributed by atoms with Crippen molar-refractivity contribution in [2.75, 3.05) is 0 Å². The average Bonchev–Trinajstić information content (AvgIpc) is 4.00. The molecule has 0 saturated heterocycles. The number of rotatable bonds is 7. The second kappa shape index (κ2) is 13.4. The molecule has 0 aliphatic rings. The zero-order valence-corrected chi connectivity index (χ0v) is 30.4. The third-order valence-corrected chi connectivity index (χ3v) is 14.5. The maximum atomic E-state index is 10.4. The van der Waals surface area contributed by atoms with Gasteiger partial charge in [-0.25, -0.2) is 0 Å². The molecule has 0 radical (unpaired) electrons. The Morgan fingerprint density at radius 2 is 0.737 bits per heavy atom. The summed E-state index contributed by atoms with van der Waals surface area (Å²) in [5, 5.41) is 0.459. The number of aromatic nitrogens is 5. The normalized spacial score (nSPS) is 16.8. The van der Waals surface area contributed by atoms with Crippen LogP contribution in [0.5, 0.6) is 0 Å². The van der Waals surface area contributed by atoms with E-state index in [1.165, 1.54) is 0 Å². The van der Waals surface area contributed by atoms with Crippen molar-refractivity contribution in [3.05, 3.63) is 212 Å². The molecular formula is C51H35N5Si. The van der Waals surface area contributed by atoms with Gasteiger partial charge in [-0.05, 0) is 44.9 Å². The Morgan fingerprint density at radius 3 is 1.12 bits per heavy atom. The Bertz CT molecular complexity index is 3970. The van der Waals surface area contributed by atoms with Crippen LogP contribution in [0.15, 0.2) is 212 Å². The average molecular weight is 766 g/mol. The van der Waals surface area contributed by atoms with E-state index in [-0.39, 0.29) is 26.7 Å². The van der Waals surface area contributed by atoms with Crippen LogP contribution in [-0.4, -0.2) is 32.2 Å². The van der Waals surface area contributed by atoms with Crippen LogP contribution in [0.1, 0.15) is 27.4 Å². The molecule has 0 spiro atoms. The first-order valence-corrected chi connectivity index (χ1v) is 19.7. The van der Waals surface area contributed by atoms with Crippen LogP contribution in [0.25, 0.3) is 66.9 Å². The van der Waals surface area contributed by atoms with Crippen LogP contribution >= 0.6 is 0 Å². The van der Waals surface area contributed by atoms with Gasteiger partial charge in [0.2, 0.25) is 11.9 Å². The molecule has 0 amide bonds. The van der Waals surface area contributed by atoms with Crippen molar-refractivity contribution in [1.29, 1.82) is 0 Å².